The third kappa shape index (κ3) is 1.85. The molecule has 0 aliphatic heterocycles. The summed E-state index contributed by atoms with van der Waals surface area (Å²) < 4.78 is 0. The molecule has 5 heteroatoms. The first-order chi connectivity index (χ1) is 9.16. The summed E-state index contributed by atoms with van der Waals surface area (Å²) in [6.45, 7) is 1.95. The van der Waals surface area contributed by atoms with Crippen molar-refractivity contribution in [3.63, 3.8) is 0 Å². The molecule has 3 rings (SSSR count). The van der Waals surface area contributed by atoms with E-state index < -0.39 is 0 Å². The van der Waals surface area contributed by atoms with Crippen LogP contribution in [0.15, 0.2) is 36.9 Å². The molecule has 0 amide bonds. The Labute approximate surface area is 110 Å². The highest BCUT2D eigenvalue weighted by molar-refractivity contribution is 5.93. The van der Waals surface area contributed by atoms with E-state index in [0.717, 1.165) is 27.6 Å². The Morgan fingerprint density at radius 3 is 2.74 bits per heavy atom. The van der Waals surface area contributed by atoms with Crippen LogP contribution in [0.5, 0.6) is 0 Å². The number of hydrogen-bond donors (Lipinski definition) is 2. The minimum absolute atomic E-state index is 0.461. The summed E-state index contributed by atoms with van der Waals surface area (Å²) in [4.78, 5) is 12.6. The Morgan fingerprint density at radius 1 is 1.05 bits per heavy atom. The van der Waals surface area contributed by atoms with E-state index in [1.165, 1.54) is 0 Å². The highest BCUT2D eigenvalue weighted by Crippen LogP contribution is 2.28. The molecule has 3 heterocycles. The van der Waals surface area contributed by atoms with Crippen LogP contribution in [0, 0.1) is 6.92 Å². The zero-order valence-electron chi connectivity index (χ0n) is 10.5. The lowest BCUT2D eigenvalue weighted by Crippen LogP contribution is -1.98. The highest BCUT2D eigenvalue weighted by atomic mass is 14.9. The Morgan fingerprint density at radius 2 is 1.89 bits per heavy atom. The normalized spacial score (nSPS) is 10.8. The monoisotopic (exact) mass is 251 g/mol. The number of aromatic nitrogens is 3. The molecule has 94 valence electrons. The molecule has 19 heavy (non-hydrogen) atoms. The van der Waals surface area contributed by atoms with Crippen molar-refractivity contribution >= 4 is 22.3 Å². The van der Waals surface area contributed by atoms with E-state index in [1.807, 2.05) is 19.1 Å². The molecule has 0 fully saturated rings. The predicted octanol–water partition coefficient (Wildman–Crippen LogP) is 2.16. The van der Waals surface area contributed by atoms with Crippen LogP contribution >= 0.6 is 0 Å². The third-order valence-electron chi connectivity index (χ3n) is 3.19. The van der Waals surface area contributed by atoms with Crippen LogP contribution in [0.3, 0.4) is 0 Å². The fourth-order valence-corrected chi connectivity index (χ4v) is 2.05. The molecule has 0 saturated carbocycles. The average molecular weight is 251 g/mol. The molecule has 0 bridgehead atoms. The molecule has 0 aliphatic rings. The molecule has 5 nitrogen and oxygen atoms in total. The number of nitrogens with two attached hydrogens (primary N) is 2. The maximum Gasteiger partial charge on any atom is 0.133 e. The van der Waals surface area contributed by atoms with Gasteiger partial charge in [0.25, 0.3) is 0 Å². The fourth-order valence-electron chi connectivity index (χ4n) is 2.05. The second-order valence-electron chi connectivity index (χ2n) is 4.39. The molecule has 0 atom stereocenters. The zero-order valence-corrected chi connectivity index (χ0v) is 10.5. The van der Waals surface area contributed by atoms with Crippen LogP contribution in [-0.4, -0.2) is 15.0 Å². The van der Waals surface area contributed by atoms with E-state index >= 15 is 0 Å². The van der Waals surface area contributed by atoms with E-state index in [-0.39, 0.29) is 0 Å². The van der Waals surface area contributed by atoms with Crippen LogP contribution in [0.2, 0.25) is 0 Å². The fraction of sp³-hybridized carbons (Fsp3) is 0.0714. The Kier molecular flexibility index (Phi) is 2.52. The van der Waals surface area contributed by atoms with Gasteiger partial charge in [-0.2, -0.15) is 0 Å². The molecule has 0 unspecified atom stereocenters. The van der Waals surface area contributed by atoms with Crippen LogP contribution in [0.4, 0.5) is 11.5 Å². The molecule has 3 aromatic rings. The minimum atomic E-state index is 0.461. The molecular formula is C14H13N5. The smallest absolute Gasteiger partial charge is 0.133 e. The van der Waals surface area contributed by atoms with E-state index in [2.05, 4.69) is 15.0 Å². The van der Waals surface area contributed by atoms with Gasteiger partial charge in [-0.3, -0.25) is 9.97 Å². The van der Waals surface area contributed by atoms with Gasteiger partial charge in [0.1, 0.15) is 5.82 Å². The summed E-state index contributed by atoms with van der Waals surface area (Å²) >= 11 is 0. The van der Waals surface area contributed by atoms with E-state index in [9.17, 15) is 0 Å². The number of nitrogen functional groups attached to an aromatic ring is 2. The van der Waals surface area contributed by atoms with Crippen molar-refractivity contribution in [2.75, 3.05) is 11.5 Å². The summed E-state index contributed by atoms with van der Waals surface area (Å²) in [5.41, 5.74) is 15.1. The topological polar surface area (TPSA) is 90.7 Å². The second-order valence-corrected chi connectivity index (χ2v) is 4.39. The molecule has 0 radical (unpaired) electrons. The van der Waals surface area contributed by atoms with E-state index in [1.54, 1.807) is 24.8 Å². The van der Waals surface area contributed by atoms with Gasteiger partial charge in [-0.1, -0.05) is 0 Å². The zero-order chi connectivity index (χ0) is 13.4. The molecule has 0 saturated heterocycles. The van der Waals surface area contributed by atoms with Crippen molar-refractivity contribution in [3.05, 3.63) is 42.5 Å². The number of anilines is 2. The van der Waals surface area contributed by atoms with Gasteiger partial charge in [-0.15, -0.1) is 0 Å². The quantitative estimate of drug-likeness (QED) is 0.691. The average Bonchev–Trinajstić information content (AvgIpc) is 2.42. The van der Waals surface area contributed by atoms with Crippen molar-refractivity contribution in [1.82, 2.24) is 15.0 Å². The maximum atomic E-state index is 5.98. The summed E-state index contributed by atoms with van der Waals surface area (Å²) in [7, 11) is 0. The summed E-state index contributed by atoms with van der Waals surface area (Å²) in [6, 6.07) is 3.88. The molecule has 0 aromatic carbocycles. The van der Waals surface area contributed by atoms with Crippen molar-refractivity contribution in [3.8, 4) is 11.3 Å². The Hall–Kier alpha value is -2.69. The number of nitrogens with zero attached hydrogens (tertiary/aromatic N) is 3. The van der Waals surface area contributed by atoms with E-state index in [0.29, 0.717) is 11.5 Å². The van der Waals surface area contributed by atoms with Gasteiger partial charge in [-0.05, 0) is 30.0 Å². The molecule has 3 aromatic heterocycles. The van der Waals surface area contributed by atoms with E-state index in [4.69, 9.17) is 11.5 Å². The van der Waals surface area contributed by atoms with Crippen LogP contribution in [-0.2, 0) is 0 Å². The lowest BCUT2D eigenvalue weighted by atomic mass is 10.0. The third-order valence-corrected chi connectivity index (χ3v) is 3.19. The second kappa shape index (κ2) is 4.20. The first kappa shape index (κ1) is 11.4. The summed E-state index contributed by atoms with van der Waals surface area (Å²) in [6.07, 6.45) is 6.83. The standard InChI is InChI=1S/C14H13N5/c1-8-10(5-18-7-12(8)15)13-4-9-2-3-17-6-11(9)14(16)19-13/h2-7H,15H2,1H3,(H2,16,19). The molecule has 0 spiro atoms. The molecular weight excluding hydrogens is 238 g/mol. The summed E-state index contributed by atoms with van der Waals surface area (Å²) in [5.74, 6) is 0.461. The van der Waals surface area contributed by atoms with Gasteiger partial charge in [-0.25, -0.2) is 4.98 Å². The van der Waals surface area contributed by atoms with Crippen molar-refractivity contribution in [2.45, 2.75) is 6.92 Å². The lowest BCUT2D eigenvalue weighted by Gasteiger charge is -2.09. The highest BCUT2D eigenvalue weighted by Gasteiger charge is 2.09. The van der Waals surface area contributed by atoms with Gasteiger partial charge in [0, 0.05) is 29.5 Å². The van der Waals surface area contributed by atoms with Crippen LogP contribution in [0.1, 0.15) is 5.56 Å². The van der Waals surface area contributed by atoms with Crippen LogP contribution < -0.4 is 11.5 Å². The SMILES string of the molecule is Cc1c(N)cncc1-c1cc2ccncc2c(N)n1. The number of rotatable bonds is 1. The largest absolute Gasteiger partial charge is 0.397 e. The minimum Gasteiger partial charge on any atom is -0.397 e. The van der Waals surface area contributed by atoms with Gasteiger partial charge in [0.2, 0.25) is 0 Å². The first-order valence-corrected chi connectivity index (χ1v) is 5.87. The van der Waals surface area contributed by atoms with Gasteiger partial charge in [0.15, 0.2) is 0 Å². The number of hydrogen-bond acceptors (Lipinski definition) is 5. The molecule has 4 N–H and O–H groups in total. The lowest BCUT2D eigenvalue weighted by molar-refractivity contribution is 1.26. The van der Waals surface area contributed by atoms with Gasteiger partial charge >= 0.3 is 0 Å². The van der Waals surface area contributed by atoms with Crippen molar-refractivity contribution < 1.29 is 0 Å². The summed E-state index contributed by atoms with van der Waals surface area (Å²) in [5, 5.41) is 1.85. The predicted molar refractivity (Wildman–Crippen MR) is 76.3 cm³/mol. The van der Waals surface area contributed by atoms with Gasteiger partial charge in [0.05, 0.1) is 17.6 Å². The Balaban J connectivity index is 2.29. The van der Waals surface area contributed by atoms with Crippen molar-refractivity contribution in [2.24, 2.45) is 0 Å². The number of fused-ring (bicyclic) bond motifs is 1. The number of pyridine rings is 3. The maximum absolute atomic E-state index is 5.98. The van der Waals surface area contributed by atoms with Crippen LogP contribution in [0.25, 0.3) is 22.0 Å². The molecule has 0 aliphatic carbocycles. The Bertz CT molecular complexity index is 767. The first-order valence-electron chi connectivity index (χ1n) is 5.87. The van der Waals surface area contributed by atoms with Gasteiger partial charge < -0.3 is 11.5 Å². The van der Waals surface area contributed by atoms with Crippen molar-refractivity contribution in [1.29, 1.82) is 0 Å².